The highest BCUT2D eigenvalue weighted by Crippen LogP contribution is 2.20. The van der Waals surface area contributed by atoms with Gasteiger partial charge >= 0.3 is 0 Å². The number of rotatable bonds is 7. The second-order valence-electron chi connectivity index (χ2n) is 10.4. The van der Waals surface area contributed by atoms with E-state index in [-0.39, 0.29) is 11.8 Å². The van der Waals surface area contributed by atoms with Crippen LogP contribution in [0.2, 0.25) is 0 Å². The van der Waals surface area contributed by atoms with Crippen molar-refractivity contribution in [1.82, 2.24) is 14.5 Å². The lowest BCUT2D eigenvalue weighted by molar-refractivity contribution is 0.0920. The lowest BCUT2D eigenvalue weighted by Crippen LogP contribution is -2.48. The van der Waals surface area contributed by atoms with Gasteiger partial charge in [-0.3, -0.25) is 14.5 Å². The van der Waals surface area contributed by atoms with Crippen molar-refractivity contribution in [3.05, 3.63) is 95.6 Å². The monoisotopic (exact) mass is 534 g/mol. The van der Waals surface area contributed by atoms with Crippen LogP contribution in [0.4, 0.5) is 5.69 Å². The molecule has 1 aliphatic rings. The fourth-order valence-corrected chi connectivity index (χ4v) is 5.73. The summed E-state index contributed by atoms with van der Waals surface area (Å²) in [5, 5.41) is 5.78. The molecule has 200 valence electrons. The number of hydrogen-bond acceptors (Lipinski definition) is 5. The number of benzene rings is 3. The number of piperazine rings is 1. The molecule has 9 heteroatoms. The van der Waals surface area contributed by atoms with E-state index in [1.807, 2.05) is 32.9 Å². The second kappa shape index (κ2) is 11.5. The zero-order chi connectivity index (χ0) is 27.3. The number of hydrogen-bond donors (Lipinski definition) is 2. The van der Waals surface area contributed by atoms with Gasteiger partial charge in [0.05, 0.1) is 16.1 Å². The van der Waals surface area contributed by atoms with Gasteiger partial charge < -0.3 is 10.6 Å². The van der Waals surface area contributed by atoms with Crippen LogP contribution in [0, 0.1) is 0 Å². The first kappa shape index (κ1) is 27.5. The van der Waals surface area contributed by atoms with Crippen molar-refractivity contribution in [3.8, 4) is 0 Å². The fraction of sp³-hybridized carbons (Fsp3) is 0.310. The van der Waals surface area contributed by atoms with Crippen molar-refractivity contribution in [2.75, 3.05) is 31.5 Å². The molecule has 2 N–H and O–H groups in total. The summed E-state index contributed by atoms with van der Waals surface area (Å²) in [6, 6.07) is 22.8. The average molecular weight is 535 g/mol. The number of amides is 2. The van der Waals surface area contributed by atoms with Gasteiger partial charge in [-0.25, -0.2) is 8.42 Å². The van der Waals surface area contributed by atoms with Gasteiger partial charge in [0, 0.05) is 43.8 Å². The van der Waals surface area contributed by atoms with Gasteiger partial charge in [0.2, 0.25) is 10.0 Å². The van der Waals surface area contributed by atoms with Crippen molar-refractivity contribution in [1.29, 1.82) is 0 Å². The minimum absolute atomic E-state index is 0.250. The van der Waals surface area contributed by atoms with Crippen molar-refractivity contribution in [2.24, 2.45) is 0 Å². The summed E-state index contributed by atoms with van der Waals surface area (Å²) in [6.45, 7) is 8.49. The number of carbonyl (C=O) groups excluding carboxylic acids is 2. The first-order chi connectivity index (χ1) is 18.0. The molecule has 1 fully saturated rings. The van der Waals surface area contributed by atoms with Gasteiger partial charge in [-0.1, -0.05) is 42.5 Å². The van der Waals surface area contributed by atoms with Crippen LogP contribution in [0.25, 0.3) is 0 Å². The summed E-state index contributed by atoms with van der Waals surface area (Å²) in [7, 11) is -3.48. The van der Waals surface area contributed by atoms with Crippen molar-refractivity contribution in [3.63, 3.8) is 0 Å². The Hall–Kier alpha value is -3.53. The standard InChI is InChI=1S/C29H34N4O4S/c1-29(2,3)31-28(35)25-11-7-8-12-26(25)30-27(34)23-15-13-22(14-16-23)21-32-17-19-33(20-18-32)38(36,37)24-9-5-4-6-10-24/h4-16H,17-21H2,1-3H3,(H,30,34)(H,31,35). The van der Waals surface area contributed by atoms with E-state index in [1.165, 1.54) is 4.31 Å². The third-order valence-electron chi connectivity index (χ3n) is 6.24. The van der Waals surface area contributed by atoms with Crippen LogP contribution < -0.4 is 10.6 Å². The smallest absolute Gasteiger partial charge is 0.255 e. The topological polar surface area (TPSA) is 98.8 Å². The molecule has 1 heterocycles. The Morgan fingerprint density at radius 2 is 1.39 bits per heavy atom. The highest BCUT2D eigenvalue weighted by Gasteiger charge is 2.28. The number of carbonyl (C=O) groups is 2. The Labute approximate surface area is 224 Å². The van der Waals surface area contributed by atoms with E-state index in [4.69, 9.17) is 0 Å². The van der Waals surface area contributed by atoms with Crippen LogP contribution in [-0.2, 0) is 16.6 Å². The van der Waals surface area contributed by atoms with E-state index in [1.54, 1.807) is 66.7 Å². The number of anilines is 1. The van der Waals surface area contributed by atoms with Crippen LogP contribution >= 0.6 is 0 Å². The minimum atomic E-state index is -3.48. The van der Waals surface area contributed by atoms with E-state index < -0.39 is 15.6 Å². The lowest BCUT2D eigenvalue weighted by Gasteiger charge is -2.34. The number of nitrogens with zero attached hydrogens (tertiary/aromatic N) is 2. The summed E-state index contributed by atoms with van der Waals surface area (Å²) in [5.74, 6) is -0.548. The molecule has 4 rings (SSSR count). The summed E-state index contributed by atoms with van der Waals surface area (Å²) < 4.78 is 27.2. The largest absolute Gasteiger partial charge is 0.347 e. The average Bonchev–Trinajstić information content (AvgIpc) is 2.89. The zero-order valence-corrected chi connectivity index (χ0v) is 22.8. The van der Waals surface area contributed by atoms with Gasteiger partial charge in [0.1, 0.15) is 0 Å². The molecular weight excluding hydrogens is 500 g/mol. The maximum atomic E-state index is 12.9. The van der Waals surface area contributed by atoms with Gasteiger partial charge in [-0.2, -0.15) is 4.31 Å². The van der Waals surface area contributed by atoms with Gasteiger partial charge in [0.15, 0.2) is 0 Å². The Balaban J connectivity index is 1.34. The second-order valence-corrected chi connectivity index (χ2v) is 12.3. The van der Waals surface area contributed by atoms with E-state index in [2.05, 4.69) is 15.5 Å². The number of para-hydroxylation sites is 1. The summed E-state index contributed by atoms with van der Waals surface area (Å²) in [6.07, 6.45) is 0. The van der Waals surface area contributed by atoms with Crippen LogP contribution in [0.5, 0.6) is 0 Å². The van der Waals surface area contributed by atoms with Crippen molar-refractivity contribution >= 4 is 27.5 Å². The molecule has 0 bridgehead atoms. The first-order valence-corrected chi connectivity index (χ1v) is 14.1. The van der Waals surface area contributed by atoms with Crippen LogP contribution in [0.15, 0.2) is 83.8 Å². The molecule has 0 atom stereocenters. The number of sulfonamides is 1. The van der Waals surface area contributed by atoms with Crippen LogP contribution in [-0.4, -0.2) is 61.2 Å². The molecule has 38 heavy (non-hydrogen) atoms. The quantitative estimate of drug-likeness (QED) is 0.478. The molecule has 0 saturated carbocycles. The molecule has 0 unspecified atom stereocenters. The highest BCUT2D eigenvalue weighted by atomic mass is 32.2. The normalized spacial score (nSPS) is 15.1. The van der Waals surface area contributed by atoms with E-state index in [0.717, 1.165) is 5.56 Å². The Bertz CT molecular complexity index is 1380. The lowest BCUT2D eigenvalue weighted by atomic mass is 10.1. The molecule has 0 spiro atoms. The van der Waals surface area contributed by atoms with Gasteiger partial charge in [-0.05, 0) is 62.7 Å². The molecule has 0 aliphatic carbocycles. The molecular formula is C29H34N4O4S. The van der Waals surface area contributed by atoms with Crippen molar-refractivity contribution in [2.45, 2.75) is 37.8 Å². The zero-order valence-electron chi connectivity index (χ0n) is 22.0. The number of nitrogens with one attached hydrogen (secondary N) is 2. The molecule has 2 amide bonds. The summed E-state index contributed by atoms with van der Waals surface area (Å²) in [4.78, 5) is 28.1. The summed E-state index contributed by atoms with van der Waals surface area (Å²) in [5.41, 5.74) is 1.98. The summed E-state index contributed by atoms with van der Waals surface area (Å²) >= 11 is 0. The molecule has 0 radical (unpaired) electrons. The van der Waals surface area contributed by atoms with E-state index >= 15 is 0 Å². The van der Waals surface area contributed by atoms with Crippen LogP contribution in [0.3, 0.4) is 0 Å². The van der Waals surface area contributed by atoms with Gasteiger partial charge in [-0.15, -0.1) is 0 Å². The highest BCUT2D eigenvalue weighted by molar-refractivity contribution is 7.89. The SMILES string of the molecule is CC(C)(C)NC(=O)c1ccccc1NC(=O)c1ccc(CN2CCN(S(=O)(=O)c3ccccc3)CC2)cc1. The fourth-order valence-electron chi connectivity index (χ4n) is 4.28. The van der Waals surface area contributed by atoms with Crippen LogP contribution in [0.1, 0.15) is 47.1 Å². The molecule has 8 nitrogen and oxygen atoms in total. The Morgan fingerprint density at radius 3 is 2.03 bits per heavy atom. The maximum Gasteiger partial charge on any atom is 0.255 e. The van der Waals surface area contributed by atoms with Gasteiger partial charge in [0.25, 0.3) is 11.8 Å². The molecule has 3 aromatic rings. The predicted octanol–water partition coefficient (Wildman–Crippen LogP) is 3.97. The maximum absolute atomic E-state index is 12.9. The first-order valence-electron chi connectivity index (χ1n) is 12.6. The molecule has 3 aromatic carbocycles. The van der Waals surface area contributed by atoms with Crippen molar-refractivity contribution < 1.29 is 18.0 Å². The molecule has 0 aromatic heterocycles. The third kappa shape index (κ3) is 6.86. The Morgan fingerprint density at radius 1 is 0.789 bits per heavy atom. The van der Waals surface area contributed by atoms with E-state index in [9.17, 15) is 18.0 Å². The van der Waals surface area contributed by atoms with E-state index in [0.29, 0.717) is 54.4 Å². The minimum Gasteiger partial charge on any atom is -0.347 e. The molecule has 1 saturated heterocycles. The predicted molar refractivity (Wildman–Crippen MR) is 149 cm³/mol. The molecule has 1 aliphatic heterocycles. The third-order valence-corrected chi connectivity index (χ3v) is 8.16. The Kier molecular flexibility index (Phi) is 8.30.